The van der Waals surface area contributed by atoms with E-state index in [1.54, 1.807) is 0 Å². The van der Waals surface area contributed by atoms with Crippen molar-refractivity contribution < 1.29 is 9.53 Å². The highest BCUT2D eigenvalue weighted by molar-refractivity contribution is 5.93. The van der Waals surface area contributed by atoms with Crippen LogP contribution in [0, 0.1) is 0 Å². The van der Waals surface area contributed by atoms with Gasteiger partial charge >= 0.3 is 0 Å². The maximum absolute atomic E-state index is 12.0. The maximum atomic E-state index is 12.0. The Bertz CT molecular complexity index is 656. The van der Waals surface area contributed by atoms with Crippen molar-refractivity contribution in [3.8, 4) is 5.75 Å². The molecule has 24 heavy (non-hydrogen) atoms. The molecule has 4 nitrogen and oxygen atoms in total. The average Bonchev–Trinajstić information content (AvgIpc) is 2.55. The first-order valence-electron chi connectivity index (χ1n) is 8.25. The lowest BCUT2D eigenvalue weighted by Crippen LogP contribution is -2.21. The zero-order valence-electron chi connectivity index (χ0n) is 14.8. The summed E-state index contributed by atoms with van der Waals surface area (Å²) < 4.78 is 5.38. The van der Waals surface area contributed by atoms with Crippen LogP contribution in [0.5, 0.6) is 5.75 Å². The summed E-state index contributed by atoms with van der Waals surface area (Å²) in [6.45, 7) is 9.33. The second kappa shape index (κ2) is 7.86. The van der Waals surface area contributed by atoms with Crippen LogP contribution in [-0.4, -0.2) is 19.1 Å². The summed E-state index contributed by atoms with van der Waals surface area (Å²) in [5.74, 6) is 0.714. The monoisotopic (exact) mass is 326 g/mol. The summed E-state index contributed by atoms with van der Waals surface area (Å²) in [6, 6.07) is 15.5. The molecule has 0 saturated heterocycles. The number of carbonyl (C=O) groups is 1. The molecule has 0 fully saturated rings. The van der Waals surface area contributed by atoms with E-state index in [1.807, 2.05) is 43.3 Å². The molecule has 0 spiro atoms. The number of nitrogens with one attached hydrogen (secondary N) is 2. The third-order valence-corrected chi connectivity index (χ3v) is 3.65. The minimum Gasteiger partial charge on any atom is -0.494 e. The van der Waals surface area contributed by atoms with Crippen LogP contribution in [0.15, 0.2) is 48.5 Å². The van der Waals surface area contributed by atoms with Gasteiger partial charge < -0.3 is 15.4 Å². The fourth-order valence-corrected chi connectivity index (χ4v) is 2.28. The van der Waals surface area contributed by atoms with Crippen LogP contribution in [0.25, 0.3) is 0 Å². The van der Waals surface area contributed by atoms with Gasteiger partial charge in [-0.25, -0.2) is 0 Å². The molecular weight excluding hydrogens is 300 g/mol. The van der Waals surface area contributed by atoms with Gasteiger partial charge in [0.1, 0.15) is 5.75 Å². The molecule has 0 heterocycles. The van der Waals surface area contributed by atoms with E-state index < -0.39 is 0 Å². The third kappa shape index (κ3) is 5.30. The molecule has 0 bridgehead atoms. The molecule has 2 rings (SSSR count). The summed E-state index contributed by atoms with van der Waals surface area (Å²) in [5.41, 5.74) is 3.09. The van der Waals surface area contributed by atoms with Gasteiger partial charge in [0.15, 0.2) is 0 Å². The normalized spacial score (nSPS) is 11.0. The van der Waals surface area contributed by atoms with Crippen molar-refractivity contribution in [2.75, 3.05) is 23.8 Å². The van der Waals surface area contributed by atoms with Gasteiger partial charge in [0.05, 0.1) is 13.2 Å². The van der Waals surface area contributed by atoms with Crippen molar-refractivity contribution in [1.82, 2.24) is 0 Å². The summed E-state index contributed by atoms with van der Waals surface area (Å²) in [4.78, 5) is 12.0. The first kappa shape index (κ1) is 17.9. The second-order valence-corrected chi connectivity index (χ2v) is 6.69. The molecule has 1 amide bonds. The summed E-state index contributed by atoms with van der Waals surface area (Å²) in [6.07, 6.45) is 0. The number of rotatable bonds is 6. The fraction of sp³-hybridized carbons (Fsp3) is 0.350. The van der Waals surface area contributed by atoms with Crippen molar-refractivity contribution in [3.05, 3.63) is 54.1 Å². The molecule has 0 aliphatic rings. The Hall–Kier alpha value is -2.49. The average molecular weight is 326 g/mol. The number of carbonyl (C=O) groups excluding carboxylic acids is 1. The summed E-state index contributed by atoms with van der Waals surface area (Å²) in [7, 11) is 0. The number of hydrogen-bond donors (Lipinski definition) is 2. The molecule has 0 radical (unpaired) electrons. The van der Waals surface area contributed by atoms with Crippen molar-refractivity contribution in [2.45, 2.75) is 33.1 Å². The van der Waals surface area contributed by atoms with E-state index in [2.05, 4.69) is 43.5 Å². The molecule has 0 saturated carbocycles. The first-order valence-corrected chi connectivity index (χ1v) is 8.25. The number of amides is 1. The molecule has 0 unspecified atom stereocenters. The molecule has 0 atom stereocenters. The van der Waals surface area contributed by atoms with E-state index in [9.17, 15) is 4.79 Å². The van der Waals surface area contributed by atoms with Crippen LogP contribution in [0.3, 0.4) is 0 Å². The van der Waals surface area contributed by atoms with Crippen molar-refractivity contribution in [1.29, 1.82) is 0 Å². The first-order chi connectivity index (χ1) is 11.4. The smallest absolute Gasteiger partial charge is 0.243 e. The van der Waals surface area contributed by atoms with Gasteiger partial charge in [-0.2, -0.15) is 0 Å². The molecule has 0 aliphatic heterocycles. The lowest BCUT2D eigenvalue weighted by Gasteiger charge is -2.19. The van der Waals surface area contributed by atoms with Gasteiger partial charge in [-0.3, -0.25) is 4.79 Å². The van der Waals surface area contributed by atoms with E-state index in [0.29, 0.717) is 6.61 Å². The van der Waals surface area contributed by atoms with Crippen LogP contribution in [0.2, 0.25) is 0 Å². The van der Waals surface area contributed by atoms with Gasteiger partial charge in [0, 0.05) is 11.4 Å². The highest BCUT2D eigenvalue weighted by atomic mass is 16.5. The van der Waals surface area contributed by atoms with E-state index >= 15 is 0 Å². The number of hydrogen-bond acceptors (Lipinski definition) is 3. The molecule has 0 aromatic heterocycles. The zero-order valence-corrected chi connectivity index (χ0v) is 14.8. The second-order valence-electron chi connectivity index (χ2n) is 6.69. The number of benzene rings is 2. The van der Waals surface area contributed by atoms with Gasteiger partial charge in [0.2, 0.25) is 5.91 Å². The Morgan fingerprint density at radius 1 is 0.958 bits per heavy atom. The highest BCUT2D eigenvalue weighted by Crippen LogP contribution is 2.23. The van der Waals surface area contributed by atoms with E-state index in [1.165, 1.54) is 5.56 Å². The predicted octanol–water partition coefficient (Wildman–Crippen LogP) is 4.43. The Morgan fingerprint density at radius 2 is 1.54 bits per heavy atom. The molecule has 128 valence electrons. The van der Waals surface area contributed by atoms with Gasteiger partial charge in [-0.15, -0.1) is 0 Å². The Balaban J connectivity index is 1.84. The van der Waals surface area contributed by atoms with Gasteiger partial charge in [-0.05, 0) is 54.3 Å². The van der Waals surface area contributed by atoms with Crippen LogP contribution in [0.1, 0.15) is 33.3 Å². The SMILES string of the molecule is CCOc1ccc(NC(=O)CNc2ccc(C(C)(C)C)cc2)cc1. The predicted molar refractivity (Wildman–Crippen MR) is 99.9 cm³/mol. The Labute approximate surface area is 144 Å². The Kier molecular flexibility index (Phi) is 5.85. The summed E-state index contributed by atoms with van der Waals surface area (Å²) in [5, 5.41) is 6.00. The van der Waals surface area contributed by atoms with E-state index in [-0.39, 0.29) is 17.9 Å². The van der Waals surface area contributed by atoms with Gasteiger partial charge in [0.25, 0.3) is 0 Å². The van der Waals surface area contributed by atoms with Crippen molar-refractivity contribution in [2.24, 2.45) is 0 Å². The van der Waals surface area contributed by atoms with Crippen molar-refractivity contribution in [3.63, 3.8) is 0 Å². The third-order valence-electron chi connectivity index (χ3n) is 3.65. The quantitative estimate of drug-likeness (QED) is 0.825. The zero-order chi connectivity index (χ0) is 17.6. The lowest BCUT2D eigenvalue weighted by atomic mass is 9.87. The topological polar surface area (TPSA) is 50.4 Å². The van der Waals surface area contributed by atoms with E-state index in [4.69, 9.17) is 4.74 Å². The standard InChI is InChI=1S/C20H26N2O2/c1-5-24-18-12-10-17(11-13-18)22-19(23)14-21-16-8-6-15(7-9-16)20(2,3)4/h6-13,21H,5,14H2,1-4H3,(H,22,23). The van der Waals surface area contributed by atoms with Crippen LogP contribution < -0.4 is 15.4 Å². The fourth-order valence-electron chi connectivity index (χ4n) is 2.28. The molecule has 2 N–H and O–H groups in total. The minimum absolute atomic E-state index is 0.0842. The highest BCUT2D eigenvalue weighted by Gasteiger charge is 2.12. The number of anilines is 2. The van der Waals surface area contributed by atoms with Crippen molar-refractivity contribution >= 4 is 17.3 Å². The van der Waals surface area contributed by atoms with Crippen LogP contribution >= 0.6 is 0 Å². The largest absolute Gasteiger partial charge is 0.494 e. The van der Waals surface area contributed by atoms with Gasteiger partial charge in [-0.1, -0.05) is 32.9 Å². The molecule has 0 aliphatic carbocycles. The maximum Gasteiger partial charge on any atom is 0.243 e. The van der Waals surface area contributed by atoms with Crippen LogP contribution in [-0.2, 0) is 10.2 Å². The summed E-state index contributed by atoms with van der Waals surface area (Å²) >= 11 is 0. The minimum atomic E-state index is -0.0842. The molecule has 2 aromatic carbocycles. The number of ether oxygens (including phenoxy) is 1. The molecular formula is C20H26N2O2. The van der Waals surface area contributed by atoms with E-state index in [0.717, 1.165) is 17.1 Å². The lowest BCUT2D eigenvalue weighted by molar-refractivity contribution is -0.114. The Morgan fingerprint density at radius 3 is 2.08 bits per heavy atom. The van der Waals surface area contributed by atoms with Crippen LogP contribution in [0.4, 0.5) is 11.4 Å². The molecule has 4 heteroatoms. The molecule has 2 aromatic rings.